The Morgan fingerprint density at radius 3 is 2.74 bits per heavy atom. The molecule has 0 aliphatic carbocycles. The van der Waals surface area contributed by atoms with Crippen LogP contribution in [0.4, 0.5) is 4.39 Å². The van der Waals surface area contributed by atoms with Crippen LogP contribution in [0.2, 0.25) is 0 Å². The molecule has 0 saturated carbocycles. The minimum atomic E-state index is -0.659. The lowest BCUT2D eigenvalue weighted by molar-refractivity contribution is -0.0703. The lowest BCUT2D eigenvalue weighted by atomic mass is 9.81. The highest BCUT2D eigenvalue weighted by molar-refractivity contribution is 5.97. The number of ether oxygens (including phenoxy) is 1. The Kier molecular flexibility index (Phi) is 3.33. The first kappa shape index (κ1) is 12.7. The summed E-state index contributed by atoms with van der Waals surface area (Å²) in [6.07, 6.45) is 2.84. The van der Waals surface area contributed by atoms with Gasteiger partial charge in [0.2, 0.25) is 5.95 Å². The van der Waals surface area contributed by atoms with E-state index in [1.807, 2.05) is 0 Å². The molecule has 2 saturated heterocycles. The zero-order valence-electron chi connectivity index (χ0n) is 10.9. The van der Waals surface area contributed by atoms with Crippen molar-refractivity contribution in [2.45, 2.75) is 24.9 Å². The van der Waals surface area contributed by atoms with Crippen molar-refractivity contribution in [1.82, 2.24) is 9.88 Å². The predicted octanol–water partition coefficient (Wildman–Crippen LogP) is 1.51. The van der Waals surface area contributed by atoms with Crippen LogP contribution in [-0.4, -0.2) is 48.0 Å². The Morgan fingerprint density at radius 1 is 1.42 bits per heavy atom. The first-order valence-corrected chi connectivity index (χ1v) is 6.61. The van der Waals surface area contributed by atoms with E-state index in [4.69, 9.17) is 4.74 Å². The lowest BCUT2D eigenvalue weighted by Crippen LogP contribution is -2.55. The molecule has 102 valence electrons. The molecule has 2 fully saturated rings. The van der Waals surface area contributed by atoms with Gasteiger partial charge >= 0.3 is 0 Å². The zero-order chi connectivity index (χ0) is 13.4. The summed E-state index contributed by atoms with van der Waals surface area (Å²) in [5.41, 5.74) is 0.121. The van der Waals surface area contributed by atoms with Crippen molar-refractivity contribution >= 4 is 5.78 Å². The van der Waals surface area contributed by atoms with Crippen molar-refractivity contribution in [2.24, 2.45) is 5.92 Å². The third-order valence-electron chi connectivity index (χ3n) is 4.28. The van der Waals surface area contributed by atoms with Crippen LogP contribution >= 0.6 is 0 Å². The van der Waals surface area contributed by atoms with Gasteiger partial charge in [-0.2, -0.15) is 4.39 Å². The molecule has 4 nitrogen and oxygen atoms in total. The van der Waals surface area contributed by atoms with Crippen molar-refractivity contribution < 1.29 is 13.9 Å². The van der Waals surface area contributed by atoms with Crippen LogP contribution in [0.15, 0.2) is 18.3 Å². The molecule has 0 aromatic carbocycles. The van der Waals surface area contributed by atoms with Gasteiger partial charge in [0, 0.05) is 24.2 Å². The Bertz CT molecular complexity index is 480. The van der Waals surface area contributed by atoms with Crippen LogP contribution in [0.3, 0.4) is 0 Å². The molecule has 0 spiro atoms. The van der Waals surface area contributed by atoms with E-state index in [9.17, 15) is 9.18 Å². The first-order chi connectivity index (χ1) is 9.16. The number of rotatable bonds is 2. The number of hydrogen-bond acceptors (Lipinski definition) is 4. The number of piperidine rings is 1. The number of halogens is 1. The number of pyridine rings is 1. The van der Waals surface area contributed by atoms with E-state index in [0.717, 1.165) is 12.8 Å². The summed E-state index contributed by atoms with van der Waals surface area (Å²) >= 11 is 0. The monoisotopic (exact) mass is 264 g/mol. The predicted molar refractivity (Wildman–Crippen MR) is 67.4 cm³/mol. The fraction of sp³-hybridized carbons (Fsp3) is 0.571. The zero-order valence-corrected chi connectivity index (χ0v) is 10.9. The number of likely N-dealkylation sites (N-methyl/N-ethyl adjacent to an activating group) is 1. The van der Waals surface area contributed by atoms with Gasteiger partial charge in [0.05, 0.1) is 18.8 Å². The van der Waals surface area contributed by atoms with Crippen LogP contribution in [-0.2, 0) is 4.74 Å². The number of fused-ring (bicyclic) bond motifs is 2. The number of ketones is 1. The number of Topliss-reactive ketones (excluding diaryl/α,β-unsaturated/α-hetero) is 1. The average Bonchev–Trinajstić information content (AvgIpc) is 2.38. The molecule has 3 heterocycles. The lowest BCUT2D eigenvalue weighted by Gasteiger charge is -2.46. The number of aromatic nitrogens is 1. The van der Waals surface area contributed by atoms with E-state index < -0.39 is 5.95 Å². The summed E-state index contributed by atoms with van der Waals surface area (Å²) < 4.78 is 19.1. The van der Waals surface area contributed by atoms with Gasteiger partial charge in [0.25, 0.3) is 0 Å². The van der Waals surface area contributed by atoms with Crippen molar-refractivity contribution in [2.75, 3.05) is 20.3 Å². The van der Waals surface area contributed by atoms with Crippen molar-refractivity contribution in [1.29, 1.82) is 0 Å². The Labute approximate surface area is 111 Å². The Hall–Kier alpha value is -1.33. The SMILES string of the molecule is CN1C2COCC1CC(C(=O)c1cccnc1F)C2. The fourth-order valence-electron chi connectivity index (χ4n) is 3.10. The molecule has 1 aromatic heterocycles. The van der Waals surface area contributed by atoms with E-state index in [-0.39, 0.29) is 29.3 Å². The highest BCUT2D eigenvalue weighted by Crippen LogP contribution is 2.32. The minimum absolute atomic E-state index is 0.115. The van der Waals surface area contributed by atoms with E-state index in [0.29, 0.717) is 13.2 Å². The van der Waals surface area contributed by atoms with Crippen molar-refractivity contribution in [3.8, 4) is 0 Å². The van der Waals surface area contributed by atoms with Gasteiger partial charge in [-0.1, -0.05) is 0 Å². The van der Waals surface area contributed by atoms with E-state index in [2.05, 4.69) is 16.9 Å². The van der Waals surface area contributed by atoms with Gasteiger partial charge in [0.15, 0.2) is 5.78 Å². The summed E-state index contributed by atoms with van der Waals surface area (Å²) in [5, 5.41) is 0. The molecule has 0 radical (unpaired) electrons. The molecule has 0 amide bonds. The third kappa shape index (κ3) is 2.28. The van der Waals surface area contributed by atoms with E-state index >= 15 is 0 Å². The second-order valence-electron chi connectivity index (χ2n) is 5.38. The second-order valence-corrected chi connectivity index (χ2v) is 5.38. The van der Waals surface area contributed by atoms with E-state index in [1.54, 1.807) is 6.07 Å². The minimum Gasteiger partial charge on any atom is -0.378 e. The average molecular weight is 264 g/mol. The maximum absolute atomic E-state index is 13.6. The quantitative estimate of drug-likeness (QED) is 0.600. The van der Waals surface area contributed by atoms with Crippen LogP contribution in [0.1, 0.15) is 23.2 Å². The Balaban J connectivity index is 1.80. The smallest absolute Gasteiger partial charge is 0.223 e. The number of hydrogen-bond donors (Lipinski definition) is 0. The van der Waals surface area contributed by atoms with Crippen molar-refractivity contribution in [3.05, 3.63) is 29.8 Å². The highest BCUT2D eigenvalue weighted by Gasteiger charge is 2.40. The highest BCUT2D eigenvalue weighted by atomic mass is 19.1. The van der Waals surface area contributed by atoms with Crippen LogP contribution < -0.4 is 0 Å². The molecule has 0 N–H and O–H groups in total. The molecule has 2 unspecified atom stereocenters. The van der Waals surface area contributed by atoms with Gasteiger partial charge < -0.3 is 4.74 Å². The summed E-state index contributed by atoms with van der Waals surface area (Å²) in [5.74, 6) is -0.891. The summed E-state index contributed by atoms with van der Waals surface area (Å²) in [7, 11) is 2.07. The summed E-state index contributed by atoms with van der Waals surface area (Å²) in [4.78, 5) is 18.3. The van der Waals surface area contributed by atoms with Crippen molar-refractivity contribution in [3.63, 3.8) is 0 Å². The molecule has 2 aliphatic rings. The largest absolute Gasteiger partial charge is 0.378 e. The van der Waals surface area contributed by atoms with Gasteiger partial charge in [-0.25, -0.2) is 4.98 Å². The van der Waals surface area contributed by atoms with Crippen LogP contribution in [0, 0.1) is 11.9 Å². The van der Waals surface area contributed by atoms with Gasteiger partial charge in [-0.05, 0) is 32.0 Å². The van der Waals surface area contributed by atoms with E-state index in [1.165, 1.54) is 12.3 Å². The number of morpholine rings is 1. The standard InChI is InChI=1S/C14H17FN2O2/c1-17-10-5-9(6-11(17)8-19-7-10)13(18)12-3-2-4-16-14(12)15/h2-4,9-11H,5-8H2,1H3. The second kappa shape index (κ2) is 4.98. The van der Waals surface area contributed by atoms with Gasteiger partial charge in [0.1, 0.15) is 0 Å². The first-order valence-electron chi connectivity index (χ1n) is 6.61. The number of nitrogens with zero attached hydrogens (tertiary/aromatic N) is 2. The summed E-state index contributed by atoms with van der Waals surface area (Å²) in [6, 6.07) is 3.66. The maximum atomic E-state index is 13.6. The molecule has 5 heteroatoms. The molecule has 3 rings (SSSR count). The normalized spacial score (nSPS) is 31.2. The number of carbonyl (C=O) groups is 1. The molecular formula is C14H17FN2O2. The third-order valence-corrected chi connectivity index (χ3v) is 4.28. The van der Waals surface area contributed by atoms with Gasteiger partial charge in [-0.3, -0.25) is 9.69 Å². The maximum Gasteiger partial charge on any atom is 0.223 e. The summed E-state index contributed by atoms with van der Waals surface area (Å²) in [6.45, 7) is 1.32. The van der Waals surface area contributed by atoms with Gasteiger partial charge in [-0.15, -0.1) is 0 Å². The molecule has 2 atom stereocenters. The van der Waals surface area contributed by atoms with Crippen LogP contribution in [0.25, 0.3) is 0 Å². The molecule has 2 bridgehead atoms. The number of carbonyl (C=O) groups excluding carboxylic acids is 1. The van der Waals surface area contributed by atoms with Crippen LogP contribution in [0.5, 0.6) is 0 Å². The molecular weight excluding hydrogens is 247 g/mol. The molecule has 1 aromatic rings. The topological polar surface area (TPSA) is 42.4 Å². The Morgan fingerprint density at radius 2 is 2.11 bits per heavy atom. The fourth-order valence-corrected chi connectivity index (χ4v) is 3.10. The molecule has 19 heavy (non-hydrogen) atoms. The molecule has 2 aliphatic heterocycles.